The third-order valence-electron chi connectivity index (χ3n) is 16.8. The Bertz CT molecular complexity index is 1940. The van der Waals surface area contributed by atoms with Crippen LogP contribution in [0.5, 0.6) is 0 Å². The lowest BCUT2D eigenvalue weighted by Crippen LogP contribution is -2.76. The SMILES string of the molecule is CC1=CC=CC2C(C(C3=CC=CC3)(c3ccc(Cl)cc3)c3ccc(Cl)cc3)C3(C)C4(C)C=CC=CC4(C)C4(C)C=CC=CC4(C)C3(C)C12C. The van der Waals surface area contributed by atoms with Crippen molar-refractivity contribution in [2.24, 2.45) is 49.7 Å². The number of allylic oxidation sites excluding steroid dienone is 16. The number of hydrogen-bond acceptors (Lipinski definition) is 0. The molecule has 2 saturated carbocycles. The lowest BCUT2D eigenvalue weighted by Gasteiger charge is -2.80. The molecule has 0 amide bonds. The first-order valence-corrected chi connectivity index (χ1v) is 18.9. The molecule has 0 saturated heterocycles. The van der Waals surface area contributed by atoms with Crippen LogP contribution in [0.2, 0.25) is 10.0 Å². The predicted molar refractivity (Wildman–Crippen MR) is 209 cm³/mol. The van der Waals surface area contributed by atoms with Gasteiger partial charge in [-0.15, -0.1) is 0 Å². The predicted octanol–water partition coefficient (Wildman–Crippen LogP) is 13.2. The maximum absolute atomic E-state index is 6.71. The highest BCUT2D eigenvalue weighted by Gasteiger charge is 2.88. The molecular weight excluding hydrogens is 635 g/mol. The summed E-state index contributed by atoms with van der Waals surface area (Å²) in [6, 6.07) is 17.7. The van der Waals surface area contributed by atoms with Crippen LogP contribution in [0.15, 0.2) is 145 Å². The summed E-state index contributed by atoms with van der Waals surface area (Å²) in [5, 5.41) is 1.52. The van der Waals surface area contributed by atoms with Gasteiger partial charge in [-0.05, 0) is 71.4 Å². The van der Waals surface area contributed by atoms with Crippen molar-refractivity contribution in [3.8, 4) is 0 Å². The van der Waals surface area contributed by atoms with Crippen molar-refractivity contribution in [3.05, 3.63) is 166 Å². The van der Waals surface area contributed by atoms with Crippen molar-refractivity contribution >= 4 is 23.2 Å². The molecule has 0 bridgehead atoms. The van der Waals surface area contributed by atoms with Crippen LogP contribution in [-0.4, -0.2) is 0 Å². The van der Waals surface area contributed by atoms with E-state index < -0.39 is 5.41 Å². The average Bonchev–Trinajstić information content (AvgIpc) is 3.68. The summed E-state index contributed by atoms with van der Waals surface area (Å²) < 4.78 is 0. The van der Waals surface area contributed by atoms with E-state index in [1.165, 1.54) is 22.3 Å². The van der Waals surface area contributed by atoms with Gasteiger partial charge in [0.2, 0.25) is 0 Å². The summed E-state index contributed by atoms with van der Waals surface area (Å²) in [5.41, 5.74) is 3.54. The Morgan fingerprint density at radius 3 is 1.59 bits per heavy atom. The van der Waals surface area contributed by atoms with Gasteiger partial charge in [-0.25, -0.2) is 0 Å². The molecule has 2 aromatic carbocycles. The number of fused-ring (bicyclic) bond motifs is 8. The molecule has 9 unspecified atom stereocenters. The second-order valence-corrected chi connectivity index (χ2v) is 18.0. The zero-order valence-corrected chi connectivity index (χ0v) is 31.8. The van der Waals surface area contributed by atoms with Crippen LogP contribution in [-0.2, 0) is 5.41 Å². The number of rotatable bonds is 4. The minimum Gasteiger partial charge on any atom is -0.0843 e. The average molecular weight is 686 g/mol. The Balaban J connectivity index is 1.61. The molecule has 0 aliphatic heterocycles. The van der Waals surface area contributed by atoms with Gasteiger partial charge in [0, 0.05) is 42.5 Å². The summed E-state index contributed by atoms with van der Waals surface area (Å²) in [6.45, 7) is 20.8. The quantitative estimate of drug-likeness (QED) is 0.301. The monoisotopic (exact) mass is 684 g/mol. The third-order valence-corrected chi connectivity index (χ3v) is 17.4. The standard InChI is InChI=1S/C47H50Cl2/c1-32-16-15-19-38-39(47(33-17-9-10-18-33,34-20-24-36(48)25-21-34)35-22-26-37(49)27-23-35)45(7)42(4)30-13-11-28-40(42,2)41(3)29-12-14-31-43(41,5)46(45,8)44(32,38)6/h9-17,19-31,38-39H,18H2,1-8H3. The van der Waals surface area contributed by atoms with Gasteiger partial charge in [-0.1, -0.05) is 192 Å². The molecular formula is C47H50Cl2. The molecule has 2 fully saturated rings. The van der Waals surface area contributed by atoms with Gasteiger partial charge in [0.15, 0.2) is 0 Å². The fraction of sp³-hybridized carbons (Fsp3) is 0.404. The van der Waals surface area contributed by atoms with E-state index in [0.29, 0.717) is 0 Å². The molecule has 6 aliphatic carbocycles. The van der Waals surface area contributed by atoms with Gasteiger partial charge in [0.25, 0.3) is 0 Å². The Morgan fingerprint density at radius 2 is 1.08 bits per heavy atom. The highest BCUT2D eigenvalue weighted by Crippen LogP contribution is 2.92. The maximum atomic E-state index is 6.71. The smallest absolute Gasteiger partial charge is 0.0457 e. The molecule has 0 radical (unpaired) electrons. The highest BCUT2D eigenvalue weighted by molar-refractivity contribution is 6.30. The van der Waals surface area contributed by atoms with E-state index in [4.69, 9.17) is 23.2 Å². The summed E-state index contributed by atoms with van der Waals surface area (Å²) in [4.78, 5) is 0. The van der Waals surface area contributed by atoms with Gasteiger partial charge in [0.05, 0.1) is 0 Å². The van der Waals surface area contributed by atoms with E-state index in [0.717, 1.165) is 16.5 Å². The fourth-order valence-corrected chi connectivity index (χ4v) is 14.0. The lowest BCUT2D eigenvalue weighted by atomic mass is 9.22. The summed E-state index contributed by atoms with van der Waals surface area (Å²) in [6.07, 6.45) is 35.0. The Hall–Kier alpha value is -3.06. The summed E-state index contributed by atoms with van der Waals surface area (Å²) >= 11 is 13.4. The van der Waals surface area contributed by atoms with Crippen LogP contribution in [0.4, 0.5) is 0 Å². The molecule has 2 aromatic rings. The minimum absolute atomic E-state index is 0.143. The topological polar surface area (TPSA) is 0 Å². The Kier molecular flexibility index (Phi) is 6.93. The van der Waals surface area contributed by atoms with Crippen molar-refractivity contribution in [2.75, 3.05) is 0 Å². The van der Waals surface area contributed by atoms with Crippen LogP contribution >= 0.6 is 23.2 Å². The molecule has 2 heteroatoms. The molecule has 8 rings (SSSR count). The number of hydrogen-bond donors (Lipinski definition) is 0. The van der Waals surface area contributed by atoms with E-state index >= 15 is 0 Å². The van der Waals surface area contributed by atoms with Gasteiger partial charge in [-0.3, -0.25) is 0 Å². The van der Waals surface area contributed by atoms with E-state index in [-0.39, 0.29) is 49.7 Å². The minimum atomic E-state index is -0.490. The third kappa shape index (κ3) is 3.36. The zero-order chi connectivity index (χ0) is 34.9. The van der Waals surface area contributed by atoms with Crippen LogP contribution in [0.25, 0.3) is 0 Å². The number of halogens is 2. The Labute approximate surface area is 304 Å². The van der Waals surface area contributed by atoms with E-state index in [1.54, 1.807) is 0 Å². The largest absolute Gasteiger partial charge is 0.0843 e. The molecule has 6 aliphatic rings. The molecule has 9 atom stereocenters. The van der Waals surface area contributed by atoms with Crippen LogP contribution in [0.3, 0.4) is 0 Å². The van der Waals surface area contributed by atoms with Gasteiger partial charge < -0.3 is 0 Å². The van der Waals surface area contributed by atoms with Crippen molar-refractivity contribution in [1.82, 2.24) is 0 Å². The van der Waals surface area contributed by atoms with Gasteiger partial charge in [-0.2, -0.15) is 0 Å². The molecule has 252 valence electrons. The van der Waals surface area contributed by atoms with Crippen molar-refractivity contribution in [1.29, 1.82) is 0 Å². The molecule has 49 heavy (non-hydrogen) atoms. The maximum Gasteiger partial charge on any atom is 0.0457 e. The lowest BCUT2D eigenvalue weighted by molar-refractivity contribution is -0.275. The first-order chi connectivity index (χ1) is 23.1. The second-order valence-electron chi connectivity index (χ2n) is 17.2. The van der Waals surface area contributed by atoms with E-state index in [1.807, 2.05) is 0 Å². The van der Waals surface area contributed by atoms with Gasteiger partial charge >= 0.3 is 0 Å². The summed E-state index contributed by atoms with van der Waals surface area (Å²) in [5.74, 6) is 0.365. The molecule has 0 nitrogen and oxygen atoms in total. The number of benzene rings is 2. The van der Waals surface area contributed by atoms with Crippen LogP contribution in [0.1, 0.15) is 72.9 Å². The second kappa shape index (κ2) is 10.3. The molecule has 0 spiro atoms. The molecule has 0 aromatic heterocycles. The zero-order valence-electron chi connectivity index (χ0n) is 30.3. The Morgan fingerprint density at radius 1 is 0.592 bits per heavy atom. The van der Waals surface area contributed by atoms with Crippen molar-refractivity contribution in [2.45, 2.75) is 67.2 Å². The molecule has 0 heterocycles. The van der Waals surface area contributed by atoms with Crippen molar-refractivity contribution in [3.63, 3.8) is 0 Å². The fourth-order valence-electron chi connectivity index (χ4n) is 13.7. The first kappa shape index (κ1) is 33.1. The van der Waals surface area contributed by atoms with E-state index in [9.17, 15) is 0 Å². The van der Waals surface area contributed by atoms with Crippen molar-refractivity contribution < 1.29 is 0 Å². The van der Waals surface area contributed by atoms with E-state index in [2.05, 4.69) is 189 Å². The first-order valence-electron chi connectivity index (χ1n) is 18.1. The normalized spacial score (nSPS) is 42.7. The van der Waals surface area contributed by atoms with Crippen LogP contribution in [0, 0.1) is 49.7 Å². The van der Waals surface area contributed by atoms with Crippen LogP contribution < -0.4 is 0 Å². The highest BCUT2D eigenvalue weighted by atomic mass is 35.5. The summed E-state index contributed by atoms with van der Waals surface area (Å²) in [7, 11) is 0. The molecule has 0 N–H and O–H groups in total. The van der Waals surface area contributed by atoms with Gasteiger partial charge in [0.1, 0.15) is 0 Å².